The van der Waals surface area contributed by atoms with Crippen LogP contribution < -0.4 is 5.32 Å². The molecule has 1 aliphatic rings. The first-order valence-corrected chi connectivity index (χ1v) is 6.21. The molecular weight excluding hydrogens is 228 g/mol. The van der Waals surface area contributed by atoms with Crippen LogP contribution in [-0.2, 0) is 5.75 Å². The van der Waals surface area contributed by atoms with Crippen molar-refractivity contribution >= 4 is 24.2 Å². The third-order valence-electron chi connectivity index (χ3n) is 2.49. The third kappa shape index (κ3) is 4.41. The molecule has 1 aromatic rings. The van der Waals surface area contributed by atoms with Gasteiger partial charge in [0.25, 0.3) is 0 Å². The highest BCUT2D eigenvalue weighted by molar-refractivity contribution is 7.99. The van der Waals surface area contributed by atoms with Gasteiger partial charge in [-0.2, -0.15) is 11.8 Å². The summed E-state index contributed by atoms with van der Waals surface area (Å²) < 4.78 is 0. The Labute approximate surface area is 102 Å². The first-order chi connectivity index (χ1) is 6.95. The van der Waals surface area contributed by atoms with E-state index in [1.165, 1.54) is 31.5 Å². The van der Waals surface area contributed by atoms with E-state index in [0.717, 1.165) is 11.0 Å². The maximum atomic E-state index is 4.12. The fourth-order valence-electron chi connectivity index (χ4n) is 1.66. The van der Waals surface area contributed by atoms with Crippen LogP contribution in [0.15, 0.2) is 24.5 Å². The van der Waals surface area contributed by atoms with Crippen LogP contribution in [0.4, 0.5) is 0 Å². The lowest BCUT2D eigenvalue weighted by Crippen LogP contribution is -2.29. The van der Waals surface area contributed by atoms with Gasteiger partial charge < -0.3 is 5.32 Å². The SMILES string of the molecule is Cl.c1cncc(CSC2CCNCC2)c1. The number of pyridine rings is 1. The number of rotatable bonds is 3. The summed E-state index contributed by atoms with van der Waals surface area (Å²) >= 11 is 2.07. The molecule has 0 atom stereocenters. The summed E-state index contributed by atoms with van der Waals surface area (Å²) in [5.74, 6) is 1.11. The van der Waals surface area contributed by atoms with Gasteiger partial charge in [-0.05, 0) is 37.6 Å². The molecule has 0 radical (unpaired) electrons. The van der Waals surface area contributed by atoms with Gasteiger partial charge >= 0.3 is 0 Å². The van der Waals surface area contributed by atoms with E-state index in [9.17, 15) is 0 Å². The zero-order chi connectivity index (χ0) is 9.64. The molecule has 15 heavy (non-hydrogen) atoms. The quantitative estimate of drug-likeness (QED) is 0.885. The van der Waals surface area contributed by atoms with Crippen molar-refractivity contribution in [3.63, 3.8) is 0 Å². The van der Waals surface area contributed by atoms with Crippen molar-refractivity contribution in [3.05, 3.63) is 30.1 Å². The predicted molar refractivity (Wildman–Crippen MR) is 68.7 cm³/mol. The van der Waals surface area contributed by atoms with Gasteiger partial charge in [0.1, 0.15) is 0 Å². The van der Waals surface area contributed by atoms with E-state index in [2.05, 4.69) is 28.1 Å². The highest BCUT2D eigenvalue weighted by Gasteiger charge is 2.12. The normalized spacial score (nSPS) is 17.1. The standard InChI is InChI=1S/C11H16N2S.ClH/c1-2-10(8-13-5-1)9-14-11-3-6-12-7-4-11;/h1-2,5,8,11-12H,3-4,6-7,9H2;1H. The summed E-state index contributed by atoms with van der Waals surface area (Å²) in [6.07, 6.45) is 6.42. The van der Waals surface area contributed by atoms with E-state index in [-0.39, 0.29) is 12.4 Å². The molecule has 4 heteroatoms. The van der Waals surface area contributed by atoms with Gasteiger partial charge in [0.05, 0.1) is 0 Å². The first kappa shape index (κ1) is 12.8. The number of piperidine rings is 1. The molecule has 2 rings (SSSR count). The molecule has 1 fully saturated rings. The predicted octanol–water partition coefficient (Wildman–Crippen LogP) is 2.49. The second-order valence-electron chi connectivity index (χ2n) is 3.62. The van der Waals surface area contributed by atoms with Crippen molar-refractivity contribution in [3.8, 4) is 0 Å². The van der Waals surface area contributed by atoms with Gasteiger partial charge in [-0.3, -0.25) is 4.98 Å². The molecule has 2 heterocycles. The second-order valence-corrected chi connectivity index (χ2v) is 4.91. The minimum absolute atomic E-state index is 0. The van der Waals surface area contributed by atoms with Crippen molar-refractivity contribution in [2.75, 3.05) is 13.1 Å². The molecule has 0 spiro atoms. The van der Waals surface area contributed by atoms with Gasteiger partial charge in [-0.15, -0.1) is 12.4 Å². The lowest BCUT2D eigenvalue weighted by Gasteiger charge is -2.21. The molecule has 0 amide bonds. The number of nitrogens with one attached hydrogen (secondary N) is 1. The van der Waals surface area contributed by atoms with E-state index in [1.54, 1.807) is 0 Å². The number of halogens is 1. The topological polar surface area (TPSA) is 24.9 Å². The zero-order valence-corrected chi connectivity index (χ0v) is 10.3. The van der Waals surface area contributed by atoms with Crippen LogP contribution in [0, 0.1) is 0 Å². The maximum Gasteiger partial charge on any atom is 0.0308 e. The number of aromatic nitrogens is 1. The highest BCUT2D eigenvalue weighted by Crippen LogP contribution is 2.23. The molecule has 1 aromatic heterocycles. The molecule has 1 aliphatic heterocycles. The largest absolute Gasteiger partial charge is 0.317 e. The number of nitrogens with zero attached hydrogens (tertiary/aromatic N) is 1. The summed E-state index contributed by atoms with van der Waals surface area (Å²) in [6, 6.07) is 4.17. The maximum absolute atomic E-state index is 4.12. The van der Waals surface area contributed by atoms with E-state index in [0.29, 0.717) is 0 Å². The number of thioether (sulfide) groups is 1. The van der Waals surface area contributed by atoms with Gasteiger partial charge in [0, 0.05) is 23.4 Å². The second kappa shape index (κ2) is 7.09. The Kier molecular flexibility index (Phi) is 6.06. The Balaban J connectivity index is 0.00000112. The molecule has 1 N–H and O–H groups in total. The van der Waals surface area contributed by atoms with Gasteiger partial charge in [-0.1, -0.05) is 6.07 Å². The lowest BCUT2D eigenvalue weighted by atomic mass is 10.2. The van der Waals surface area contributed by atoms with Crippen molar-refractivity contribution in [1.82, 2.24) is 10.3 Å². The molecule has 1 saturated heterocycles. The average Bonchev–Trinajstić information content (AvgIpc) is 2.29. The van der Waals surface area contributed by atoms with E-state index in [4.69, 9.17) is 0 Å². The van der Waals surface area contributed by atoms with Crippen LogP contribution in [-0.4, -0.2) is 23.3 Å². The molecule has 0 bridgehead atoms. The van der Waals surface area contributed by atoms with Crippen molar-refractivity contribution < 1.29 is 0 Å². The summed E-state index contributed by atoms with van der Waals surface area (Å²) in [5, 5.41) is 4.23. The Hall–Kier alpha value is -0.250. The van der Waals surface area contributed by atoms with Gasteiger partial charge in [0.15, 0.2) is 0 Å². The summed E-state index contributed by atoms with van der Waals surface area (Å²) in [4.78, 5) is 4.12. The zero-order valence-electron chi connectivity index (χ0n) is 8.69. The highest BCUT2D eigenvalue weighted by atomic mass is 35.5. The molecule has 0 aliphatic carbocycles. The van der Waals surface area contributed by atoms with Crippen molar-refractivity contribution in [2.45, 2.75) is 23.8 Å². The average molecular weight is 245 g/mol. The lowest BCUT2D eigenvalue weighted by molar-refractivity contribution is 0.531. The van der Waals surface area contributed by atoms with Gasteiger partial charge in [-0.25, -0.2) is 0 Å². The van der Waals surface area contributed by atoms with E-state index in [1.807, 2.05) is 18.5 Å². The van der Waals surface area contributed by atoms with Gasteiger partial charge in [0.2, 0.25) is 0 Å². The Morgan fingerprint density at radius 3 is 2.87 bits per heavy atom. The smallest absolute Gasteiger partial charge is 0.0308 e. The molecule has 0 unspecified atom stereocenters. The van der Waals surface area contributed by atoms with Crippen LogP contribution in [0.2, 0.25) is 0 Å². The van der Waals surface area contributed by atoms with Crippen LogP contribution >= 0.6 is 24.2 Å². The van der Waals surface area contributed by atoms with Crippen molar-refractivity contribution in [1.29, 1.82) is 0 Å². The third-order valence-corrected chi connectivity index (χ3v) is 3.94. The van der Waals surface area contributed by atoms with Crippen LogP contribution in [0.25, 0.3) is 0 Å². The minimum Gasteiger partial charge on any atom is -0.317 e. The van der Waals surface area contributed by atoms with E-state index >= 15 is 0 Å². The van der Waals surface area contributed by atoms with Crippen LogP contribution in [0.1, 0.15) is 18.4 Å². The van der Waals surface area contributed by atoms with Crippen LogP contribution in [0.5, 0.6) is 0 Å². The molecular formula is C11H17ClN2S. The minimum atomic E-state index is 0. The monoisotopic (exact) mass is 244 g/mol. The fourth-order valence-corrected chi connectivity index (χ4v) is 2.83. The Morgan fingerprint density at radius 2 is 2.20 bits per heavy atom. The van der Waals surface area contributed by atoms with E-state index < -0.39 is 0 Å². The van der Waals surface area contributed by atoms with Crippen LogP contribution in [0.3, 0.4) is 0 Å². The molecule has 2 nitrogen and oxygen atoms in total. The molecule has 0 saturated carbocycles. The summed E-state index contributed by atoms with van der Waals surface area (Å²) in [5.41, 5.74) is 1.34. The first-order valence-electron chi connectivity index (χ1n) is 5.16. The Bertz CT molecular complexity index is 263. The molecule has 0 aromatic carbocycles. The fraction of sp³-hybridized carbons (Fsp3) is 0.545. The summed E-state index contributed by atoms with van der Waals surface area (Å²) in [6.45, 7) is 2.37. The van der Waals surface area contributed by atoms with Crippen molar-refractivity contribution in [2.24, 2.45) is 0 Å². The number of hydrogen-bond donors (Lipinski definition) is 1. The Morgan fingerprint density at radius 1 is 1.40 bits per heavy atom. The summed E-state index contributed by atoms with van der Waals surface area (Å²) in [7, 11) is 0. The number of hydrogen-bond acceptors (Lipinski definition) is 3. The molecule has 84 valence electrons.